The molecule has 2 heteroatoms. The highest BCUT2D eigenvalue weighted by molar-refractivity contribution is 5.76. The molecule has 0 heterocycles. The van der Waals surface area contributed by atoms with E-state index in [9.17, 15) is 4.79 Å². The van der Waals surface area contributed by atoms with Crippen molar-refractivity contribution in [1.29, 1.82) is 0 Å². The maximum absolute atomic E-state index is 11.9. The molecule has 0 fully saturated rings. The Morgan fingerprint density at radius 2 is 0.862 bits per heavy atom. The summed E-state index contributed by atoms with van der Waals surface area (Å²) in [5.74, 6) is 0.226. The molecule has 0 spiro atoms. The van der Waals surface area contributed by atoms with Crippen LogP contribution < -0.4 is 5.32 Å². The van der Waals surface area contributed by atoms with E-state index in [1.165, 1.54) is 116 Å². The highest BCUT2D eigenvalue weighted by atomic mass is 16.1. The fourth-order valence-electron chi connectivity index (χ4n) is 3.89. The van der Waals surface area contributed by atoms with Gasteiger partial charge in [0, 0.05) is 12.0 Å². The average Bonchev–Trinajstić information content (AvgIpc) is 2.69. The number of hydrogen-bond donors (Lipinski definition) is 1. The Kier molecular flexibility index (Phi) is 20.4. The molecule has 1 N–H and O–H groups in total. The molecule has 174 valence electrons. The molecule has 1 amide bonds. The van der Waals surface area contributed by atoms with Gasteiger partial charge in [-0.15, -0.1) is 0 Å². The van der Waals surface area contributed by atoms with Gasteiger partial charge in [0.15, 0.2) is 0 Å². The maximum Gasteiger partial charge on any atom is 0.220 e. The smallest absolute Gasteiger partial charge is 0.220 e. The molecule has 0 aromatic rings. The number of amides is 1. The molecule has 0 aromatic heterocycles. The average molecular weight is 410 g/mol. The summed E-state index contributed by atoms with van der Waals surface area (Å²) in [6.07, 6.45) is 28.1. The summed E-state index contributed by atoms with van der Waals surface area (Å²) in [5.41, 5.74) is -0.0506. The van der Waals surface area contributed by atoms with Crippen LogP contribution >= 0.6 is 0 Å². The largest absolute Gasteiger partial charge is 0.351 e. The van der Waals surface area contributed by atoms with E-state index in [1.807, 2.05) is 0 Å². The van der Waals surface area contributed by atoms with Crippen LogP contribution in [0.4, 0.5) is 0 Å². The van der Waals surface area contributed by atoms with Gasteiger partial charge in [-0.05, 0) is 26.7 Å². The Labute approximate surface area is 184 Å². The minimum Gasteiger partial charge on any atom is -0.351 e. The maximum atomic E-state index is 11.9. The number of hydrogen-bond acceptors (Lipinski definition) is 1. The third-order valence-electron chi connectivity index (χ3n) is 6.37. The Hall–Kier alpha value is -0.530. The molecular weight excluding hydrogens is 354 g/mol. The number of carbonyl (C=O) groups excluding carboxylic acids is 1. The molecular formula is C27H55NO. The zero-order valence-corrected chi connectivity index (χ0v) is 20.8. The van der Waals surface area contributed by atoms with E-state index in [0.717, 1.165) is 12.8 Å². The molecule has 0 aliphatic heterocycles. The van der Waals surface area contributed by atoms with E-state index in [4.69, 9.17) is 0 Å². The molecule has 0 aliphatic rings. The van der Waals surface area contributed by atoms with Crippen LogP contribution in [0.3, 0.4) is 0 Å². The van der Waals surface area contributed by atoms with Crippen LogP contribution in [0, 0.1) is 0 Å². The zero-order chi connectivity index (χ0) is 21.6. The van der Waals surface area contributed by atoms with Crippen LogP contribution in [0.2, 0.25) is 0 Å². The first-order valence-electron chi connectivity index (χ1n) is 13.3. The van der Waals surface area contributed by atoms with E-state index in [0.29, 0.717) is 6.42 Å². The summed E-state index contributed by atoms with van der Waals surface area (Å²) >= 11 is 0. The van der Waals surface area contributed by atoms with E-state index in [2.05, 4.69) is 33.0 Å². The first-order valence-corrected chi connectivity index (χ1v) is 13.3. The summed E-state index contributed by atoms with van der Waals surface area (Å²) in [7, 11) is 0. The molecule has 0 saturated heterocycles. The van der Waals surface area contributed by atoms with Crippen LogP contribution in [0.15, 0.2) is 0 Å². The Balaban J connectivity index is 3.16. The quantitative estimate of drug-likeness (QED) is 0.177. The number of carbonyl (C=O) groups is 1. The second-order valence-electron chi connectivity index (χ2n) is 9.90. The summed E-state index contributed by atoms with van der Waals surface area (Å²) in [4.78, 5) is 11.9. The molecule has 29 heavy (non-hydrogen) atoms. The molecule has 0 unspecified atom stereocenters. The van der Waals surface area contributed by atoms with Gasteiger partial charge in [0.2, 0.25) is 5.91 Å². The topological polar surface area (TPSA) is 29.1 Å². The molecule has 0 bridgehead atoms. The van der Waals surface area contributed by atoms with Gasteiger partial charge in [0.05, 0.1) is 0 Å². The second kappa shape index (κ2) is 20.7. The van der Waals surface area contributed by atoms with Crippen LogP contribution in [0.25, 0.3) is 0 Å². The number of unbranched alkanes of at least 4 members (excludes halogenated alkanes) is 18. The number of rotatable bonds is 22. The summed E-state index contributed by atoms with van der Waals surface area (Å²) in [5, 5.41) is 3.13. The predicted octanol–water partition coefficient (Wildman–Crippen LogP) is 9.11. The molecule has 2 nitrogen and oxygen atoms in total. The van der Waals surface area contributed by atoms with Crippen molar-refractivity contribution in [2.24, 2.45) is 0 Å². The van der Waals surface area contributed by atoms with Gasteiger partial charge in [-0.25, -0.2) is 0 Å². The van der Waals surface area contributed by atoms with Gasteiger partial charge < -0.3 is 5.32 Å². The normalized spacial score (nSPS) is 11.7. The molecule has 0 radical (unpaired) electrons. The molecule has 0 atom stereocenters. The van der Waals surface area contributed by atoms with Crippen LogP contribution in [0.1, 0.15) is 163 Å². The van der Waals surface area contributed by atoms with Crippen LogP contribution in [-0.4, -0.2) is 11.4 Å². The van der Waals surface area contributed by atoms with Crippen molar-refractivity contribution in [2.75, 3.05) is 0 Å². The molecule has 0 aromatic carbocycles. The van der Waals surface area contributed by atoms with Crippen molar-refractivity contribution in [2.45, 2.75) is 168 Å². The lowest BCUT2D eigenvalue weighted by atomic mass is 10.0. The third-order valence-corrected chi connectivity index (χ3v) is 6.37. The van der Waals surface area contributed by atoms with E-state index < -0.39 is 0 Å². The Bertz CT molecular complexity index is 350. The lowest BCUT2D eigenvalue weighted by Gasteiger charge is -2.24. The second-order valence-corrected chi connectivity index (χ2v) is 9.90. The van der Waals surface area contributed by atoms with Crippen LogP contribution in [0.5, 0.6) is 0 Å². The highest BCUT2D eigenvalue weighted by Gasteiger charge is 2.16. The fourth-order valence-corrected chi connectivity index (χ4v) is 3.89. The minimum absolute atomic E-state index is 0.0506. The van der Waals surface area contributed by atoms with E-state index in [1.54, 1.807) is 0 Å². The van der Waals surface area contributed by atoms with Gasteiger partial charge in [-0.3, -0.25) is 4.79 Å². The standard InChI is InChI=1S/C27H55NO/c1-5-7-8-9-10-11-12-13-14-15-16-17-18-19-20-21-22-23-24-25-26(29)28-27(3,4)6-2/h5-25H2,1-4H3,(H,28,29). The predicted molar refractivity (Wildman–Crippen MR) is 131 cm³/mol. The first-order chi connectivity index (χ1) is 14.0. The van der Waals surface area contributed by atoms with Crippen molar-refractivity contribution in [1.82, 2.24) is 5.32 Å². The zero-order valence-electron chi connectivity index (χ0n) is 20.8. The van der Waals surface area contributed by atoms with Crippen molar-refractivity contribution < 1.29 is 4.79 Å². The number of nitrogens with one attached hydrogen (secondary N) is 1. The molecule has 0 saturated carbocycles. The van der Waals surface area contributed by atoms with Crippen LogP contribution in [-0.2, 0) is 4.79 Å². The van der Waals surface area contributed by atoms with Crippen molar-refractivity contribution in [3.8, 4) is 0 Å². The van der Waals surface area contributed by atoms with Gasteiger partial charge in [-0.2, -0.15) is 0 Å². The Morgan fingerprint density at radius 3 is 1.17 bits per heavy atom. The highest BCUT2D eigenvalue weighted by Crippen LogP contribution is 2.15. The first kappa shape index (κ1) is 28.5. The van der Waals surface area contributed by atoms with Crippen molar-refractivity contribution >= 4 is 5.91 Å². The lowest BCUT2D eigenvalue weighted by molar-refractivity contribution is -0.122. The van der Waals surface area contributed by atoms with Gasteiger partial charge in [0.1, 0.15) is 0 Å². The molecule has 0 aliphatic carbocycles. The summed E-state index contributed by atoms with van der Waals surface area (Å²) < 4.78 is 0. The summed E-state index contributed by atoms with van der Waals surface area (Å²) in [6.45, 7) is 8.61. The monoisotopic (exact) mass is 409 g/mol. The van der Waals surface area contributed by atoms with Gasteiger partial charge >= 0.3 is 0 Å². The van der Waals surface area contributed by atoms with Gasteiger partial charge in [0.25, 0.3) is 0 Å². The van der Waals surface area contributed by atoms with Gasteiger partial charge in [-0.1, -0.05) is 129 Å². The SMILES string of the molecule is CCCCCCCCCCCCCCCCCCCCCC(=O)NC(C)(C)CC. The summed E-state index contributed by atoms with van der Waals surface area (Å²) in [6, 6.07) is 0. The minimum atomic E-state index is -0.0506. The van der Waals surface area contributed by atoms with E-state index >= 15 is 0 Å². The lowest BCUT2D eigenvalue weighted by Crippen LogP contribution is -2.42. The molecule has 0 rings (SSSR count). The van der Waals surface area contributed by atoms with Crippen molar-refractivity contribution in [3.05, 3.63) is 0 Å². The Morgan fingerprint density at radius 1 is 0.552 bits per heavy atom. The van der Waals surface area contributed by atoms with Crippen molar-refractivity contribution in [3.63, 3.8) is 0 Å². The van der Waals surface area contributed by atoms with E-state index in [-0.39, 0.29) is 11.4 Å². The third kappa shape index (κ3) is 22.0. The fraction of sp³-hybridized carbons (Fsp3) is 0.963.